The number of carbonyl (C=O) groups is 1. The van der Waals surface area contributed by atoms with E-state index in [-0.39, 0.29) is 23.0 Å². The van der Waals surface area contributed by atoms with Gasteiger partial charge in [-0.15, -0.1) is 0 Å². The fraction of sp³-hybridized carbons (Fsp3) is 0.278. The summed E-state index contributed by atoms with van der Waals surface area (Å²) in [5.74, 6) is -1.17. The van der Waals surface area contributed by atoms with Gasteiger partial charge >= 0.3 is 5.97 Å². The van der Waals surface area contributed by atoms with Gasteiger partial charge in [0.1, 0.15) is 4.90 Å². The molecule has 2 aromatic carbocycles. The van der Waals surface area contributed by atoms with Crippen molar-refractivity contribution in [1.29, 1.82) is 0 Å². The van der Waals surface area contributed by atoms with Gasteiger partial charge in [0.15, 0.2) is 0 Å². The highest BCUT2D eigenvalue weighted by Crippen LogP contribution is 2.24. The first-order chi connectivity index (χ1) is 11.8. The van der Waals surface area contributed by atoms with Crippen LogP contribution >= 0.6 is 0 Å². The summed E-state index contributed by atoms with van der Waals surface area (Å²) < 4.78 is 28.0. The summed E-state index contributed by atoms with van der Waals surface area (Å²) in [6.07, 6.45) is 0.803. The molecular formula is C18H22N2O4S. The SMILES string of the molecule is CCC(C)Nc1ccc(C(=O)O)cc1S(=O)(=O)NCc1ccccc1. The zero-order valence-electron chi connectivity index (χ0n) is 14.2. The lowest BCUT2D eigenvalue weighted by Crippen LogP contribution is -2.25. The van der Waals surface area contributed by atoms with E-state index in [0.29, 0.717) is 5.69 Å². The maximum atomic E-state index is 12.7. The second-order valence-electron chi connectivity index (χ2n) is 5.78. The minimum atomic E-state index is -3.87. The minimum Gasteiger partial charge on any atom is -0.478 e. The highest BCUT2D eigenvalue weighted by atomic mass is 32.2. The molecule has 0 radical (unpaired) electrons. The van der Waals surface area contributed by atoms with Gasteiger partial charge in [-0.3, -0.25) is 0 Å². The van der Waals surface area contributed by atoms with Crippen LogP contribution in [0, 0.1) is 0 Å². The largest absolute Gasteiger partial charge is 0.478 e. The van der Waals surface area contributed by atoms with Crippen molar-refractivity contribution in [3.63, 3.8) is 0 Å². The Morgan fingerprint density at radius 3 is 2.44 bits per heavy atom. The van der Waals surface area contributed by atoms with E-state index in [1.165, 1.54) is 18.2 Å². The number of rotatable bonds is 8. The Bertz CT molecular complexity index is 835. The van der Waals surface area contributed by atoms with Gasteiger partial charge < -0.3 is 10.4 Å². The Kier molecular flexibility index (Phi) is 6.17. The van der Waals surface area contributed by atoms with Crippen molar-refractivity contribution in [2.75, 3.05) is 5.32 Å². The van der Waals surface area contributed by atoms with Crippen LogP contribution in [-0.2, 0) is 16.6 Å². The molecule has 6 nitrogen and oxygen atoms in total. The van der Waals surface area contributed by atoms with Crippen LogP contribution in [0.5, 0.6) is 0 Å². The standard InChI is InChI=1S/C18H22N2O4S/c1-3-13(2)20-16-10-9-15(18(21)22)11-17(16)25(23,24)19-12-14-7-5-4-6-8-14/h4-11,13,19-20H,3,12H2,1-2H3,(H,21,22). The summed E-state index contributed by atoms with van der Waals surface area (Å²) in [6.45, 7) is 4.03. The van der Waals surface area contributed by atoms with Gasteiger partial charge in [0.05, 0.1) is 11.3 Å². The number of hydrogen-bond donors (Lipinski definition) is 3. The van der Waals surface area contributed by atoms with E-state index in [0.717, 1.165) is 12.0 Å². The number of hydrogen-bond acceptors (Lipinski definition) is 4. The molecule has 134 valence electrons. The Balaban J connectivity index is 2.35. The first-order valence-electron chi connectivity index (χ1n) is 8.01. The smallest absolute Gasteiger partial charge is 0.335 e. The summed E-state index contributed by atoms with van der Waals surface area (Å²) in [5, 5.41) is 12.3. The van der Waals surface area contributed by atoms with Gasteiger partial charge in [-0.05, 0) is 37.1 Å². The van der Waals surface area contributed by atoms with Gasteiger partial charge in [-0.1, -0.05) is 37.3 Å². The number of anilines is 1. The van der Waals surface area contributed by atoms with E-state index >= 15 is 0 Å². The second kappa shape index (κ2) is 8.13. The molecule has 25 heavy (non-hydrogen) atoms. The molecule has 0 aliphatic heterocycles. The fourth-order valence-corrected chi connectivity index (χ4v) is 3.43. The van der Waals surface area contributed by atoms with E-state index in [9.17, 15) is 13.2 Å². The predicted molar refractivity (Wildman–Crippen MR) is 97.2 cm³/mol. The maximum absolute atomic E-state index is 12.7. The zero-order chi connectivity index (χ0) is 18.4. The van der Waals surface area contributed by atoms with Crippen LogP contribution in [0.15, 0.2) is 53.4 Å². The average Bonchev–Trinajstić information content (AvgIpc) is 2.61. The molecule has 1 unspecified atom stereocenters. The Labute approximate surface area is 147 Å². The third kappa shape index (κ3) is 5.04. The predicted octanol–water partition coefficient (Wildman–Crippen LogP) is 3.07. The molecular weight excluding hydrogens is 340 g/mol. The van der Waals surface area contributed by atoms with E-state index in [1.807, 2.05) is 44.2 Å². The summed E-state index contributed by atoms with van der Waals surface area (Å²) >= 11 is 0. The van der Waals surface area contributed by atoms with Crippen LogP contribution in [0.1, 0.15) is 36.2 Å². The highest BCUT2D eigenvalue weighted by Gasteiger charge is 2.21. The minimum absolute atomic E-state index is 0.0544. The van der Waals surface area contributed by atoms with Gasteiger partial charge in [0.25, 0.3) is 0 Å². The van der Waals surface area contributed by atoms with Crippen molar-refractivity contribution in [1.82, 2.24) is 4.72 Å². The van der Waals surface area contributed by atoms with Crippen LogP contribution in [0.3, 0.4) is 0 Å². The lowest BCUT2D eigenvalue weighted by Gasteiger charge is -2.18. The van der Waals surface area contributed by atoms with Crippen molar-refractivity contribution in [3.8, 4) is 0 Å². The lowest BCUT2D eigenvalue weighted by atomic mass is 10.2. The van der Waals surface area contributed by atoms with Gasteiger partial charge in [-0.2, -0.15) is 0 Å². The molecule has 1 atom stereocenters. The molecule has 0 aromatic heterocycles. The first-order valence-corrected chi connectivity index (χ1v) is 9.49. The number of carboxylic acid groups (broad SMARTS) is 1. The molecule has 0 fully saturated rings. The molecule has 0 bridgehead atoms. The van der Waals surface area contributed by atoms with Gasteiger partial charge in [0.2, 0.25) is 10.0 Å². The van der Waals surface area contributed by atoms with E-state index in [2.05, 4.69) is 10.0 Å². The van der Waals surface area contributed by atoms with Gasteiger partial charge in [-0.25, -0.2) is 17.9 Å². The highest BCUT2D eigenvalue weighted by molar-refractivity contribution is 7.89. The monoisotopic (exact) mass is 362 g/mol. The molecule has 2 rings (SSSR count). The molecule has 0 saturated heterocycles. The van der Waals surface area contributed by atoms with Gasteiger partial charge in [0, 0.05) is 12.6 Å². The molecule has 0 heterocycles. The number of nitrogens with one attached hydrogen (secondary N) is 2. The van der Waals surface area contributed by atoms with Crippen LogP contribution in [0.25, 0.3) is 0 Å². The molecule has 0 amide bonds. The van der Waals surface area contributed by atoms with Crippen LogP contribution < -0.4 is 10.0 Å². The number of carboxylic acids is 1. The molecule has 0 aliphatic carbocycles. The summed E-state index contributed by atoms with van der Waals surface area (Å²) in [5.41, 5.74) is 1.13. The third-order valence-corrected chi connectivity index (χ3v) is 5.28. The molecule has 2 aromatic rings. The molecule has 0 saturated carbocycles. The number of benzene rings is 2. The molecule has 7 heteroatoms. The zero-order valence-corrected chi connectivity index (χ0v) is 15.0. The lowest BCUT2D eigenvalue weighted by molar-refractivity contribution is 0.0696. The van der Waals surface area contributed by atoms with Crippen LogP contribution in [0.2, 0.25) is 0 Å². The molecule has 0 aliphatic rings. The fourth-order valence-electron chi connectivity index (χ4n) is 2.22. The van der Waals surface area contributed by atoms with Crippen LogP contribution in [-0.4, -0.2) is 25.5 Å². The first kappa shape index (κ1) is 19.0. The van der Waals surface area contributed by atoms with E-state index < -0.39 is 16.0 Å². The average molecular weight is 362 g/mol. The van der Waals surface area contributed by atoms with Crippen molar-refractivity contribution >= 4 is 21.7 Å². The van der Waals surface area contributed by atoms with Crippen molar-refractivity contribution < 1.29 is 18.3 Å². The Morgan fingerprint density at radius 1 is 1.16 bits per heavy atom. The number of sulfonamides is 1. The van der Waals surface area contributed by atoms with E-state index in [4.69, 9.17) is 5.11 Å². The van der Waals surface area contributed by atoms with Crippen molar-refractivity contribution in [3.05, 3.63) is 59.7 Å². The Morgan fingerprint density at radius 2 is 1.84 bits per heavy atom. The topological polar surface area (TPSA) is 95.5 Å². The van der Waals surface area contributed by atoms with E-state index in [1.54, 1.807) is 0 Å². The summed E-state index contributed by atoms with van der Waals surface area (Å²) in [4.78, 5) is 11.1. The number of aromatic carboxylic acids is 1. The maximum Gasteiger partial charge on any atom is 0.335 e. The Hall–Kier alpha value is -2.38. The molecule has 0 spiro atoms. The third-order valence-electron chi connectivity index (χ3n) is 3.84. The van der Waals surface area contributed by atoms with Crippen molar-refractivity contribution in [2.24, 2.45) is 0 Å². The quantitative estimate of drug-likeness (QED) is 0.671. The normalized spacial score (nSPS) is 12.6. The second-order valence-corrected chi connectivity index (χ2v) is 7.52. The van der Waals surface area contributed by atoms with Crippen molar-refractivity contribution in [2.45, 2.75) is 37.8 Å². The summed E-state index contributed by atoms with van der Waals surface area (Å²) in [6, 6.07) is 13.2. The van der Waals surface area contributed by atoms with Crippen LogP contribution in [0.4, 0.5) is 5.69 Å². The molecule has 3 N–H and O–H groups in total. The summed E-state index contributed by atoms with van der Waals surface area (Å²) in [7, 11) is -3.87.